The first-order valence-corrected chi connectivity index (χ1v) is 7.56. The molecule has 112 valence electrons. The van der Waals surface area contributed by atoms with Gasteiger partial charge in [-0.1, -0.05) is 18.2 Å². The van der Waals surface area contributed by atoms with E-state index in [9.17, 15) is 0 Å². The zero-order chi connectivity index (χ0) is 15.4. The average molecular weight is 283 g/mol. The van der Waals surface area contributed by atoms with Crippen molar-refractivity contribution >= 4 is 5.69 Å². The highest BCUT2D eigenvalue weighted by Crippen LogP contribution is 2.23. The van der Waals surface area contributed by atoms with Gasteiger partial charge in [-0.25, -0.2) is 0 Å². The third-order valence-corrected chi connectivity index (χ3v) is 3.64. The molecule has 0 saturated carbocycles. The number of ether oxygens (including phenoxy) is 1. The van der Waals surface area contributed by atoms with E-state index in [1.807, 2.05) is 26.0 Å². The molecule has 1 N–H and O–H groups in total. The van der Waals surface area contributed by atoms with E-state index in [1.54, 1.807) is 0 Å². The molecule has 2 nitrogen and oxygen atoms in total. The van der Waals surface area contributed by atoms with Gasteiger partial charge in [-0.3, -0.25) is 0 Å². The SMILES string of the molecule is Cc1ccc(C(C)Nc2ccc(OC(C)C)cc2)cc1C. The number of anilines is 1. The maximum Gasteiger partial charge on any atom is 0.119 e. The lowest BCUT2D eigenvalue weighted by Gasteiger charge is -2.17. The van der Waals surface area contributed by atoms with E-state index in [4.69, 9.17) is 4.74 Å². The molecule has 0 aliphatic heterocycles. The van der Waals surface area contributed by atoms with Gasteiger partial charge in [-0.05, 0) is 75.6 Å². The summed E-state index contributed by atoms with van der Waals surface area (Å²) in [5.74, 6) is 0.911. The minimum Gasteiger partial charge on any atom is -0.491 e. The van der Waals surface area contributed by atoms with Crippen molar-refractivity contribution in [2.24, 2.45) is 0 Å². The van der Waals surface area contributed by atoms with Crippen molar-refractivity contribution in [3.8, 4) is 5.75 Å². The van der Waals surface area contributed by atoms with E-state index < -0.39 is 0 Å². The Balaban J connectivity index is 2.04. The van der Waals surface area contributed by atoms with Crippen LogP contribution in [0, 0.1) is 13.8 Å². The standard InChI is InChI=1S/C19H25NO/c1-13(2)21-19-10-8-18(9-11-19)20-16(5)17-7-6-14(3)15(4)12-17/h6-13,16,20H,1-5H3. The van der Waals surface area contributed by atoms with E-state index in [0.29, 0.717) is 0 Å². The lowest BCUT2D eigenvalue weighted by atomic mass is 10.0. The molecule has 0 bridgehead atoms. The molecular formula is C19H25NO. The van der Waals surface area contributed by atoms with Crippen LogP contribution in [0.25, 0.3) is 0 Å². The van der Waals surface area contributed by atoms with Crippen molar-refractivity contribution in [3.05, 3.63) is 59.2 Å². The molecule has 0 heterocycles. The highest BCUT2D eigenvalue weighted by atomic mass is 16.5. The van der Waals surface area contributed by atoms with Gasteiger partial charge in [0.2, 0.25) is 0 Å². The smallest absolute Gasteiger partial charge is 0.119 e. The van der Waals surface area contributed by atoms with E-state index in [-0.39, 0.29) is 12.1 Å². The number of aryl methyl sites for hydroxylation is 2. The Morgan fingerprint density at radius 2 is 1.52 bits per heavy atom. The van der Waals surface area contributed by atoms with Gasteiger partial charge in [0.25, 0.3) is 0 Å². The normalized spacial score (nSPS) is 12.3. The Bertz CT molecular complexity index is 587. The zero-order valence-electron chi connectivity index (χ0n) is 13.6. The minimum absolute atomic E-state index is 0.207. The zero-order valence-corrected chi connectivity index (χ0v) is 13.6. The molecule has 0 aliphatic rings. The van der Waals surface area contributed by atoms with Crippen LogP contribution in [0.1, 0.15) is 43.5 Å². The Morgan fingerprint density at radius 3 is 2.10 bits per heavy atom. The van der Waals surface area contributed by atoms with Crippen LogP contribution in [0.2, 0.25) is 0 Å². The molecule has 0 aromatic heterocycles. The lowest BCUT2D eigenvalue weighted by Crippen LogP contribution is -2.08. The van der Waals surface area contributed by atoms with Crippen LogP contribution in [0.5, 0.6) is 5.75 Å². The highest BCUT2D eigenvalue weighted by Gasteiger charge is 2.07. The topological polar surface area (TPSA) is 21.3 Å². The summed E-state index contributed by atoms with van der Waals surface area (Å²) in [6.45, 7) is 10.6. The van der Waals surface area contributed by atoms with Gasteiger partial charge in [-0.15, -0.1) is 0 Å². The first-order valence-electron chi connectivity index (χ1n) is 7.56. The van der Waals surface area contributed by atoms with Crippen molar-refractivity contribution in [1.29, 1.82) is 0 Å². The van der Waals surface area contributed by atoms with E-state index in [2.05, 4.69) is 56.4 Å². The Morgan fingerprint density at radius 1 is 0.857 bits per heavy atom. The number of nitrogens with one attached hydrogen (secondary N) is 1. The number of rotatable bonds is 5. The van der Waals surface area contributed by atoms with Crippen LogP contribution in [-0.4, -0.2) is 6.10 Å². The van der Waals surface area contributed by atoms with Crippen molar-refractivity contribution in [2.45, 2.75) is 46.8 Å². The predicted molar refractivity (Wildman–Crippen MR) is 90.2 cm³/mol. The molecule has 2 rings (SSSR count). The highest BCUT2D eigenvalue weighted by molar-refractivity contribution is 5.48. The second kappa shape index (κ2) is 6.66. The molecule has 2 aromatic rings. The second-order valence-corrected chi connectivity index (χ2v) is 5.90. The van der Waals surface area contributed by atoms with Crippen molar-refractivity contribution < 1.29 is 4.74 Å². The lowest BCUT2D eigenvalue weighted by molar-refractivity contribution is 0.242. The molecule has 0 amide bonds. The minimum atomic E-state index is 0.207. The van der Waals surface area contributed by atoms with Gasteiger partial charge in [-0.2, -0.15) is 0 Å². The molecule has 0 spiro atoms. The van der Waals surface area contributed by atoms with Crippen LogP contribution >= 0.6 is 0 Å². The monoisotopic (exact) mass is 283 g/mol. The summed E-state index contributed by atoms with van der Waals surface area (Å²) in [7, 11) is 0. The van der Waals surface area contributed by atoms with Gasteiger partial charge < -0.3 is 10.1 Å². The summed E-state index contributed by atoms with van der Waals surface area (Å²) in [5, 5.41) is 3.53. The van der Waals surface area contributed by atoms with Gasteiger partial charge in [0, 0.05) is 11.7 Å². The van der Waals surface area contributed by atoms with Crippen LogP contribution < -0.4 is 10.1 Å². The molecule has 0 aliphatic carbocycles. The largest absolute Gasteiger partial charge is 0.491 e. The molecule has 21 heavy (non-hydrogen) atoms. The number of benzene rings is 2. The Kier molecular flexibility index (Phi) is 4.89. The maximum absolute atomic E-state index is 5.66. The van der Waals surface area contributed by atoms with Crippen molar-refractivity contribution in [1.82, 2.24) is 0 Å². The third kappa shape index (κ3) is 4.25. The first kappa shape index (κ1) is 15.4. The fourth-order valence-electron chi connectivity index (χ4n) is 2.27. The summed E-state index contributed by atoms with van der Waals surface area (Å²) in [6.07, 6.45) is 0.207. The summed E-state index contributed by atoms with van der Waals surface area (Å²) in [5.41, 5.74) is 5.08. The third-order valence-electron chi connectivity index (χ3n) is 3.64. The first-order chi connectivity index (χ1) is 9.95. The number of hydrogen-bond acceptors (Lipinski definition) is 2. The molecule has 2 heteroatoms. The fraction of sp³-hybridized carbons (Fsp3) is 0.368. The Hall–Kier alpha value is -1.96. The fourth-order valence-corrected chi connectivity index (χ4v) is 2.27. The predicted octanol–water partition coefficient (Wildman–Crippen LogP) is 5.26. The van der Waals surface area contributed by atoms with Crippen molar-refractivity contribution in [2.75, 3.05) is 5.32 Å². The molecule has 0 radical (unpaired) electrons. The summed E-state index contributed by atoms with van der Waals surface area (Å²) >= 11 is 0. The van der Waals surface area contributed by atoms with E-state index in [0.717, 1.165) is 11.4 Å². The van der Waals surface area contributed by atoms with Gasteiger partial charge in [0.05, 0.1) is 6.10 Å². The summed E-state index contributed by atoms with van der Waals surface area (Å²) in [6, 6.07) is 15.1. The molecule has 2 aromatic carbocycles. The van der Waals surface area contributed by atoms with Crippen LogP contribution in [0.4, 0.5) is 5.69 Å². The summed E-state index contributed by atoms with van der Waals surface area (Å²) < 4.78 is 5.66. The molecular weight excluding hydrogens is 258 g/mol. The molecule has 1 atom stereocenters. The van der Waals surface area contributed by atoms with Gasteiger partial charge >= 0.3 is 0 Å². The Labute approximate surface area is 128 Å². The molecule has 0 saturated heterocycles. The van der Waals surface area contributed by atoms with Gasteiger partial charge in [0.15, 0.2) is 0 Å². The molecule has 1 unspecified atom stereocenters. The van der Waals surface area contributed by atoms with Gasteiger partial charge in [0.1, 0.15) is 5.75 Å². The average Bonchev–Trinajstić information content (AvgIpc) is 2.43. The van der Waals surface area contributed by atoms with Crippen LogP contribution in [0.15, 0.2) is 42.5 Å². The maximum atomic E-state index is 5.66. The van der Waals surface area contributed by atoms with Crippen LogP contribution in [0.3, 0.4) is 0 Å². The second-order valence-electron chi connectivity index (χ2n) is 5.90. The van der Waals surface area contributed by atoms with Crippen molar-refractivity contribution in [3.63, 3.8) is 0 Å². The van der Waals surface area contributed by atoms with Crippen LogP contribution in [-0.2, 0) is 0 Å². The summed E-state index contributed by atoms with van der Waals surface area (Å²) in [4.78, 5) is 0. The number of hydrogen-bond donors (Lipinski definition) is 1. The van der Waals surface area contributed by atoms with E-state index in [1.165, 1.54) is 16.7 Å². The quantitative estimate of drug-likeness (QED) is 0.807. The van der Waals surface area contributed by atoms with E-state index >= 15 is 0 Å². The molecule has 0 fully saturated rings.